The molecule has 14 heavy (non-hydrogen) atoms. The van der Waals surface area contributed by atoms with E-state index in [1.165, 1.54) is 0 Å². The van der Waals surface area contributed by atoms with E-state index in [2.05, 4.69) is 15.6 Å². The first-order chi connectivity index (χ1) is 6.64. The van der Waals surface area contributed by atoms with Gasteiger partial charge in [0.1, 0.15) is 0 Å². The van der Waals surface area contributed by atoms with Crippen molar-refractivity contribution in [2.45, 2.75) is 12.5 Å². The van der Waals surface area contributed by atoms with Crippen LogP contribution in [0.3, 0.4) is 0 Å². The molecule has 0 aromatic carbocycles. The Morgan fingerprint density at radius 2 is 2.43 bits per heavy atom. The molecule has 0 saturated heterocycles. The van der Waals surface area contributed by atoms with Crippen LogP contribution in [-0.2, 0) is 4.79 Å². The van der Waals surface area contributed by atoms with Gasteiger partial charge in [0.15, 0.2) is 0 Å². The summed E-state index contributed by atoms with van der Waals surface area (Å²) in [5, 5.41) is 5.87. The number of likely N-dealkylation sites (N-methyl/N-ethyl adjacent to an activating group) is 1. The predicted octanol–water partition coefficient (Wildman–Crippen LogP) is -0.0110. The average molecular weight is 191 g/mol. The average Bonchev–Trinajstić information content (AvgIpc) is 2.44. The molecule has 2 aliphatic rings. The predicted molar refractivity (Wildman–Crippen MR) is 55.1 cm³/mol. The van der Waals surface area contributed by atoms with Gasteiger partial charge in [-0.15, -0.1) is 0 Å². The van der Waals surface area contributed by atoms with Crippen molar-refractivity contribution in [3.63, 3.8) is 0 Å². The maximum atomic E-state index is 11.3. The fraction of sp³-hybridized carbons (Fsp3) is 0.400. The number of nitrogens with zero attached hydrogens (tertiary/aromatic N) is 1. The molecule has 2 aliphatic heterocycles. The lowest BCUT2D eigenvalue weighted by molar-refractivity contribution is -0.116. The number of nitrogens with one attached hydrogen (secondary N) is 2. The molecule has 0 saturated carbocycles. The van der Waals surface area contributed by atoms with E-state index >= 15 is 0 Å². The van der Waals surface area contributed by atoms with E-state index in [4.69, 9.17) is 0 Å². The first-order valence-electron chi connectivity index (χ1n) is 4.59. The summed E-state index contributed by atoms with van der Waals surface area (Å²) < 4.78 is 0. The van der Waals surface area contributed by atoms with E-state index < -0.39 is 0 Å². The number of carbonyl (C=O) groups excluding carboxylic acids is 1. The standard InChI is InChI=1S/C10H13N3O/c1-10(11-2)4-3-7-8(13-6-10)5-12-9(7)14/h3-4,6,11H,5H2,1-2H3,(H,12,14). The Kier molecular flexibility index (Phi) is 2.00. The summed E-state index contributed by atoms with van der Waals surface area (Å²) in [5.41, 5.74) is 1.25. The van der Waals surface area contributed by atoms with Crippen LogP contribution in [0.4, 0.5) is 0 Å². The Morgan fingerprint density at radius 1 is 1.64 bits per heavy atom. The first kappa shape index (κ1) is 9.15. The van der Waals surface area contributed by atoms with Gasteiger partial charge in [0, 0.05) is 6.21 Å². The molecular weight excluding hydrogens is 178 g/mol. The summed E-state index contributed by atoms with van der Waals surface area (Å²) >= 11 is 0. The molecule has 74 valence electrons. The fourth-order valence-corrected chi connectivity index (χ4v) is 1.43. The number of aliphatic imine (C=N–C) groups is 1. The minimum absolute atomic E-state index is 0.0336. The van der Waals surface area contributed by atoms with Crippen LogP contribution in [0.25, 0.3) is 0 Å². The highest BCUT2D eigenvalue weighted by atomic mass is 16.1. The smallest absolute Gasteiger partial charge is 0.253 e. The second kappa shape index (κ2) is 3.06. The van der Waals surface area contributed by atoms with Crippen molar-refractivity contribution < 1.29 is 4.79 Å². The van der Waals surface area contributed by atoms with Crippen molar-refractivity contribution in [3.8, 4) is 0 Å². The highest BCUT2D eigenvalue weighted by Gasteiger charge is 2.25. The number of rotatable bonds is 1. The van der Waals surface area contributed by atoms with Crippen molar-refractivity contribution in [1.29, 1.82) is 0 Å². The molecule has 0 spiro atoms. The van der Waals surface area contributed by atoms with E-state index in [1.807, 2.05) is 32.3 Å². The zero-order valence-corrected chi connectivity index (χ0v) is 8.29. The summed E-state index contributed by atoms with van der Waals surface area (Å²) in [5.74, 6) is -0.0336. The third-order valence-electron chi connectivity index (χ3n) is 2.60. The zero-order chi connectivity index (χ0) is 10.2. The molecule has 2 rings (SSSR count). The van der Waals surface area contributed by atoms with Crippen molar-refractivity contribution in [1.82, 2.24) is 10.6 Å². The molecule has 0 bridgehead atoms. The van der Waals surface area contributed by atoms with Gasteiger partial charge >= 0.3 is 0 Å². The Balaban J connectivity index is 2.37. The van der Waals surface area contributed by atoms with Crippen LogP contribution in [-0.4, -0.2) is 31.3 Å². The topological polar surface area (TPSA) is 53.5 Å². The van der Waals surface area contributed by atoms with Gasteiger partial charge in [-0.1, -0.05) is 6.08 Å². The molecule has 0 aromatic rings. The lowest BCUT2D eigenvalue weighted by atomic mass is 10.0. The normalized spacial score (nSPS) is 30.3. The number of amides is 1. The van der Waals surface area contributed by atoms with Gasteiger partial charge in [0.05, 0.1) is 23.4 Å². The van der Waals surface area contributed by atoms with Crippen LogP contribution in [0.1, 0.15) is 6.92 Å². The third kappa shape index (κ3) is 1.37. The second-order valence-electron chi connectivity index (χ2n) is 3.67. The summed E-state index contributed by atoms with van der Waals surface area (Å²) in [6.07, 6.45) is 5.61. The van der Waals surface area contributed by atoms with Gasteiger partial charge in [-0.25, -0.2) is 0 Å². The highest BCUT2D eigenvalue weighted by Crippen LogP contribution is 2.19. The largest absolute Gasteiger partial charge is 0.346 e. The van der Waals surface area contributed by atoms with E-state index in [0.29, 0.717) is 12.1 Å². The van der Waals surface area contributed by atoms with Gasteiger partial charge in [0.25, 0.3) is 5.91 Å². The zero-order valence-electron chi connectivity index (χ0n) is 8.29. The Labute approximate surface area is 82.8 Å². The maximum Gasteiger partial charge on any atom is 0.253 e. The van der Waals surface area contributed by atoms with E-state index in [0.717, 1.165) is 5.70 Å². The van der Waals surface area contributed by atoms with Crippen LogP contribution in [0, 0.1) is 0 Å². The van der Waals surface area contributed by atoms with Gasteiger partial charge in [-0.3, -0.25) is 9.79 Å². The molecule has 4 heteroatoms. The molecule has 1 amide bonds. The van der Waals surface area contributed by atoms with Crippen molar-refractivity contribution in [3.05, 3.63) is 23.4 Å². The van der Waals surface area contributed by atoms with Gasteiger partial charge in [0.2, 0.25) is 0 Å². The van der Waals surface area contributed by atoms with Gasteiger partial charge < -0.3 is 10.6 Å². The summed E-state index contributed by atoms with van der Waals surface area (Å²) in [7, 11) is 1.87. The molecule has 0 aromatic heterocycles. The minimum atomic E-state index is -0.259. The summed E-state index contributed by atoms with van der Waals surface area (Å²) in [4.78, 5) is 15.7. The Hall–Kier alpha value is -1.42. The molecule has 4 nitrogen and oxygen atoms in total. The molecule has 0 fully saturated rings. The third-order valence-corrected chi connectivity index (χ3v) is 2.60. The van der Waals surface area contributed by atoms with Gasteiger partial charge in [-0.05, 0) is 20.0 Å². The highest BCUT2D eigenvalue weighted by molar-refractivity contribution is 6.00. The fourth-order valence-electron chi connectivity index (χ4n) is 1.43. The summed E-state index contributed by atoms with van der Waals surface area (Å²) in [6.45, 7) is 2.54. The van der Waals surface area contributed by atoms with E-state index in [1.54, 1.807) is 0 Å². The van der Waals surface area contributed by atoms with Crippen molar-refractivity contribution in [2.24, 2.45) is 4.99 Å². The molecule has 1 unspecified atom stereocenters. The van der Waals surface area contributed by atoms with Crippen molar-refractivity contribution >= 4 is 12.1 Å². The van der Waals surface area contributed by atoms with Gasteiger partial charge in [-0.2, -0.15) is 0 Å². The molecular formula is C10H13N3O. The lowest BCUT2D eigenvalue weighted by Gasteiger charge is -2.18. The van der Waals surface area contributed by atoms with Crippen LogP contribution in [0.5, 0.6) is 0 Å². The monoisotopic (exact) mass is 191 g/mol. The maximum absolute atomic E-state index is 11.3. The molecule has 1 atom stereocenters. The van der Waals surface area contributed by atoms with E-state index in [9.17, 15) is 4.79 Å². The molecule has 2 N–H and O–H groups in total. The van der Waals surface area contributed by atoms with Crippen LogP contribution < -0.4 is 10.6 Å². The first-order valence-corrected chi connectivity index (χ1v) is 4.59. The SMILES string of the molecule is CNC1(C)C=CC2=C(CNC2=O)N=C1. The molecule has 0 aliphatic carbocycles. The number of hydrogen-bond acceptors (Lipinski definition) is 3. The summed E-state index contributed by atoms with van der Waals surface area (Å²) in [6, 6.07) is 0. The quantitative estimate of drug-likeness (QED) is 0.612. The number of hydrogen-bond donors (Lipinski definition) is 2. The van der Waals surface area contributed by atoms with Crippen molar-refractivity contribution in [2.75, 3.05) is 13.6 Å². The second-order valence-corrected chi connectivity index (χ2v) is 3.67. The lowest BCUT2D eigenvalue weighted by Crippen LogP contribution is -2.39. The minimum Gasteiger partial charge on any atom is -0.346 e. The number of carbonyl (C=O) groups is 1. The molecule has 2 heterocycles. The Morgan fingerprint density at radius 3 is 3.14 bits per heavy atom. The Bertz CT molecular complexity index is 368. The molecule has 0 radical (unpaired) electrons. The van der Waals surface area contributed by atoms with E-state index in [-0.39, 0.29) is 11.4 Å². The van der Waals surface area contributed by atoms with Crippen LogP contribution in [0.15, 0.2) is 28.4 Å². The van der Waals surface area contributed by atoms with Crippen LogP contribution in [0.2, 0.25) is 0 Å². The van der Waals surface area contributed by atoms with Crippen LogP contribution >= 0.6 is 0 Å².